The van der Waals surface area contributed by atoms with Crippen LogP contribution in [0.1, 0.15) is 18.6 Å². The van der Waals surface area contributed by atoms with Gasteiger partial charge in [0.1, 0.15) is 5.82 Å². The van der Waals surface area contributed by atoms with Gasteiger partial charge in [-0.05, 0) is 42.3 Å². The molecule has 7 rings (SSSR count). The van der Waals surface area contributed by atoms with Crippen LogP contribution in [0.25, 0.3) is 28.0 Å². The van der Waals surface area contributed by atoms with Crippen molar-refractivity contribution in [3.05, 3.63) is 78.6 Å². The van der Waals surface area contributed by atoms with Gasteiger partial charge in [0.15, 0.2) is 17.6 Å². The number of aromatic nitrogens is 5. The number of fused-ring (bicyclic) bond motifs is 2. The van der Waals surface area contributed by atoms with E-state index in [1.54, 1.807) is 21.8 Å². The van der Waals surface area contributed by atoms with Crippen molar-refractivity contribution in [2.45, 2.75) is 19.1 Å². The Hall–Kier alpha value is -4.54. The lowest BCUT2D eigenvalue weighted by molar-refractivity contribution is -0.125. The minimum atomic E-state index is -1.16. The summed E-state index contributed by atoms with van der Waals surface area (Å²) >= 11 is 0. The van der Waals surface area contributed by atoms with E-state index in [0.717, 1.165) is 28.9 Å². The van der Waals surface area contributed by atoms with Crippen molar-refractivity contribution in [1.82, 2.24) is 25.0 Å². The number of carbonyl (C=O) groups excluding carboxylic acids is 1. The molecule has 2 aliphatic rings. The van der Waals surface area contributed by atoms with Gasteiger partial charge in [-0.1, -0.05) is 30.3 Å². The maximum absolute atomic E-state index is 12.9. The van der Waals surface area contributed by atoms with Crippen LogP contribution in [-0.2, 0) is 9.53 Å². The molecule has 1 saturated heterocycles. The van der Waals surface area contributed by atoms with Crippen LogP contribution in [0.15, 0.2) is 73.1 Å². The third-order valence-corrected chi connectivity index (χ3v) is 7.26. The number of ether oxygens (including phenoxy) is 1. The zero-order chi connectivity index (χ0) is 25.8. The van der Waals surface area contributed by atoms with E-state index in [1.807, 2.05) is 54.7 Å². The predicted molar refractivity (Wildman–Crippen MR) is 143 cm³/mol. The van der Waals surface area contributed by atoms with Crippen LogP contribution in [0.3, 0.4) is 0 Å². The number of pyridine rings is 1. The van der Waals surface area contributed by atoms with Crippen LogP contribution in [0.4, 0.5) is 17.2 Å². The van der Waals surface area contributed by atoms with Gasteiger partial charge in [-0.2, -0.15) is 14.9 Å². The van der Waals surface area contributed by atoms with Crippen LogP contribution in [-0.4, -0.2) is 61.8 Å². The molecule has 2 N–H and O–H groups in total. The van der Waals surface area contributed by atoms with E-state index in [-0.39, 0.29) is 11.9 Å². The van der Waals surface area contributed by atoms with Gasteiger partial charge in [0.2, 0.25) is 0 Å². The molecule has 3 aromatic heterocycles. The van der Waals surface area contributed by atoms with Gasteiger partial charge in [-0.15, -0.1) is 0 Å². The molecule has 10 nitrogen and oxygen atoms in total. The Kier molecular flexibility index (Phi) is 5.24. The molecular weight excluding hydrogens is 482 g/mol. The minimum absolute atomic E-state index is 0.179. The topological polar surface area (TPSA) is 112 Å². The van der Waals surface area contributed by atoms with Gasteiger partial charge in [0, 0.05) is 35.4 Å². The Labute approximate surface area is 218 Å². The fourth-order valence-corrected chi connectivity index (χ4v) is 5.33. The van der Waals surface area contributed by atoms with Gasteiger partial charge in [-0.3, -0.25) is 14.8 Å². The molecule has 0 spiro atoms. The number of anilines is 3. The average molecular weight is 508 g/mol. The molecule has 10 heteroatoms. The second kappa shape index (κ2) is 8.79. The molecule has 2 aliphatic heterocycles. The maximum atomic E-state index is 12.9. The molecule has 1 unspecified atom stereocenters. The Morgan fingerprint density at radius 2 is 1.92 bits per heavy atom. The molecule has 0 radical (unpaired) electrons. The number of para-hydroxylation sites is 1. The van der Waals surface area contributed by atoms with E-state index >= 15 is 0 Å². The van der Waals surface area contributed by atoms with Gasteiger partial charge < -0.3 is 14.7 Å². The number of rotatable bonds is 4. The van der Waals surface area contributed by atoms with Crippen molar-refractivity contribution in [2.75, 3.05) is 29.6 Å². The molecule has 1 amide bonds. The number of aliphatic hydroxyl groups excluding tert-OH is 1. The quantitative estimate of drug-likeness (QED) is 0.381. The highest BCUT2D eigenvalue weighted by Crippen LogP contribution is 2.41. The van der Waals surface area contributed by atoms with Gasteiger partial charge in [0.25, 0.3) is 5.91 Å². The molecule has 190 valence electrons. The van der Waals surface area contributed by atoms with Crippen LogP contribution >= 0.6 is 0 Å². The van der Waals surface area contributed by atoms with E-state index in [1.165, 1.54) is 0 Å². The highest BCUT2D eigenvalue weighted by atomic mass is 16.5. The molecule has 0 aliphatic carbocycles. The van der Waals surface area contributed by atoms with Crippen molar-refractivity contribution in [3.63, 3.8) is 0 Å². The molecule has 38 heavy (non-hydrogen) atoms. The first kappa shape index (κ1) is 22.6. The largest absolute Gasteiger partial charge is 0.378 e. The summed E-state index contributed by atoms with van der Waals surface area (Å²) in [6.07, 6.45) is 2.41. The zero-order valence-electron chi connectivity index (χ0n) is 20.7. The normalized spacial score (nSPS) is 19.4. The first-order valence-corrected chi connectivity index (χ1v) is 12.5. The highest BCUT2D eigenvalue weighted by Gasteiger charge is 2.36. The third kappa shape index (κ3) is 3.49. The van der Waals surface area contributed by atoms with E-state index in [9.17, 15) is 9.90 Å². The summed E-state index contributed by atoms with van der Waals surface area (Å²) in [6.45, 7) is 4.15. The standard InChI is InChI=1S/C28H25N7O3/c1-17-16-38-13-12-33(17)25-14-21(22-15-30-35(27(22)31-25)24-10-11-29-32-24)18-6-8-19(9-7-18)34-23-5-3-2-4-20(23)26(36)28(34)37/h2-11,14-15,17,26,36H,12-13,16H2,1H3,(H,29,32)/t17-,26?/m1/s1. The van der Waals surface area contributed by atoms with Gasteiger partial charge in [0.05, 0.1) is 31.1 Å². The molecule has 5 heterocycles. The van der Waals surface area contributed by atoms with E-state index in [4.69, 9.17) is 9.72 Å². The fraction of sp³-hybridized carbons (Fsp3) is 0.214. The average Bonchev–Trinajstić information content (AvgIpc) is 3.68. The van der Waals surface area contributed by atoms with Crippen molar-refractivity contribution in [3.8, 4) is 16.9 Å². The summed E-state index contributed by atoms with van der Waals surface area (Å²) in [4.78, 5) is 21.7. The molecule has 0 bridgehead atoms. The van der Waals surface area contributed by atoms with Crippen molar-refractivity contribution >= 4 is 34.1 Å². The SMILES string of the molecule is C[C@@H]1COCCN1c1cc(-c2ccc(N3C(=O)C(O)c4ccccc43)cc2)c2cnn(-c3cc[nH]n3)c2n1. The summed E-state index contributed by atoms with van der Waals surface area (Å²) < 4.78 is 7.39. The summed E-state index contributed by atoms with van der Waals surface area (Å²) in [6, 6.07) is 19.2. The number of benzene rings is 2. The zero-order valence-corrected chi connectivity index (χ0v) is 20.7. The number of nitrogens with one attached hydrogen (secondary N) is 1. The van der Waals surface area contributed by atoms with Crippen molar-refractivity contribution in [2.24, 2.45) is 0 Å². The number of aromatic amines is 1. The first-order chi connectivity index (χ1) is 18.6. The summed E-state index contributed by atoms with van der Waals surface area (Å²) in [5.74, 6) is 1.15. The summed E-state index contributed by atoms with van der Waals surface area (Å²) in [5, 5.41) is 23.1. The monoisotopic (exact) mass is 507 g/mol. The van der Waals surface area contributed by atoms with Crippen molar-refractivity contribution in [1.29, 1.82) is 0 Å². The molecule has 1 fully saturated rings. The molecule has 2 atom stereocenters. The van der Waals surface area contributed by atoms with E-state index in [0.29, 0.717) is 41.6 Å². The number of morpholine rings is 1. The molecule has 0 saturated carbocycles. The Balaban J connectivity index is 1.34. The second-order valence-electron chi connectivity index (χ2n) is 9.55. The molecule has 2 aromatic carbocycles. The number of amides is 1. The number of nitrogens with zero attached hydrogens (tertiary/aromatic N) is 6. The number of hydrogen-bond donors (Lipinski definition) is 2. The van der Waals surface area contributed by atoms with Crippen LogP contribution in [0.2, 0.25) is 0 Å². The second-order valence-corrected chi connectivity index (χ2v) is 9.55. The number of hydrogen-bond acceptors (Lipinski definition) is 7. The third-order valence-electron chi connectivity index (χ3n) is 7.26. The van der Waals surface area contributed by atoms with Crippen LogP contribution < -0.4 is 9.80 Å². The molecule has 5 aromatic rings. The predicted octanol–water partition coefficient (Wildman–Crippen LogP) is 3.75. The molecular formula is C28H25N7O3. The Morgan fingerprint density at radius 3 is 2.71 bits per heavy atom. The van der Waals surface area contributed by atoms with E-state index in [2.05, 4.69) is 33.2 Å². The minimum Gasteiger partial charge on any atom is -0.378 e. The lowest BCUT2D eigenvalue weighted by atomic mass is 10.0. The lowest BCUT2D eigenvalue weighted by Gasteiger charge is -2.34. The van der Waals surface area contributed by atoms with Crippen LogP contribution in [0.5, 0.6) is 0 Å². The van der Waals surface area contributed by atoms with Crippen LogP contribution in [0, 0.1) is 0 Å². The lowest BCUT2D eigenvalue weighted by Crippen LogP contribution is -2.44. The number of carbonyl (C=O) groups is 1. The smallest absolute Gasteiger partial charge is 0.265 e. The summed E-state index contributed by atoms with van der Waals surface area (Å²) in [5.41, 5.74) is 4.66. The van der Waals surface area contributed by atoms with Gasteiger partial charge >= 0.3 is 0 Å². The maximum Gasteiger partial charge on any atom is 0.265 e. The highest BCUT2D eigenvalue weighted by molar-refractivity contribution is 6.09. The fourth-order valence-electron chi connectivity index (χ4n) is 5.33. The Bertz CT molecular complexity index is 1650. The number of H-pyrrole nitrogens is 1. The van der Waals surface area contributed by atoms with Crippen molar-refractivity contribution < 1.29 is 14.6 Å². The van der Waals surface area contributed by atoms with E-state index < -0.39 is 6.10 Å². The number of aliphatic hydroxyl groups is 1. The van der Waals surface area contributed by atoms with Gasteiger partial charge in [-0.25, -0.2) is 4.98 Å². The first-order valence-electron chi connectivity index (χ1n) is 12.5. The Morgan fingerprint density at radius 1 is 1.08 bits per heavy atom. The summed E-state index contributed by atoms with van der Waals surface area (Å²) in [7, 11) is 0.